The Morgan fingerprint density at radius 2 is 1.41 bits per heavy atom. The van der Waals surface area contributed by atoms with E-state index in [1.54, 1.807) is 55.5 Å². The lowest BCUT2D eigenvalue weighted by Crippen LogP contribution is -2.20. The van der Waals surface area contributed by atoms with Gasteiger partial charge in [0.05, 0.1) is 4.90 Å². The first kappa shape index (κ1) is 21.1. The summed E-state index contributed by atoms with van der Waals surface area (Å²) in [6, 6.07) is 19.3. The van der Waals surface area contributed by atoms with Gasteiger partial charge in [-0.1, -0.05) is 41.9 Å². The standard InChI is InChI=1S/C21H20ClN3O2S2/c1-14-8-10-17(12-19(14)22)23-21(28)24-18-11-9-15(2)20(13-18)29(26,27)25-16-6-4-3-5-7-16/h3-13,25H,1-2H3,(H2,23,24,28). The second-order valence-corrected chi connectivity index (χ2v) is 8.96. The maximum Gasteiger partial charge on any atom is 0.262 e. The van der Waals surface area contributed by atoms with E-state index in [0.717, 1.165) is 11.3 Å². The molecule has 0 saturated carbocycles. The van der Waals surface area contributed by atoms with Gasteiger partial charge in [0.15, 0.2) is 5.11 Å². The molecule has 3 rings (SSSR count). The highest BCUT2D eigenvalue weighted by atomic mass is 35.5. The van der Waals surface area contributed by atoms with Gasteiger partial charge in [0, 0.05) is 22.1 Å². The molecule has 0 atom stereocenters. The van der Waals surface area contributed by atoms with Gasteiger partial charge in [-0.2, -0.15) is 0 Å². The van der Waals surface area contributed by atoms with E-state index in [1.807, 2.05) is 25.1 Å². The number of hydrogen-bond donors (Lipinski definition) is 3. The fourth-order valence-corrected chi connectivity index (χ4v) is 4.39. The van der Waals surface area contributed by atoms with Crippen molar-refractivity contribution >= 4 is 56.0 Å². The molecule has 0 aliphatic rings. The van der Waals surface area contributed by atoms with E-state index in [-0.39, 0.29) is 4.90 Å². The second kappa shape index (κ2) is 8.82. The van der Waals surface area contributed by atoms with Gasteiger partial charge in [-0.15, -0.1) is 0 Å². The van der Waals surface area contributed by atoms with Gasteiger partial charge in [-0.3, -0.25) is 4.72 Å². The molecule has 0 radical (unpaired) electrons. The number of nitrogens with one attached hydrogen (secondary N) is 3. The molecule has 3 aromatic carbocycles. The van der Waals surface area contributed by atoms with Gasteiger partial charge in [-0.05, 0) is 73.6 Å². The molecular formula is C21H20ClN3O2S2. The van der Waals surface area contributed by atoms with Crippen LogP contribution in [0.25, 0.3) is 0 Å². The number of thiocarbonyl (C=S) groups is 1. The molecule has 29 heavy (non-hydrogen) atoms. The van der Waals surface area contributed by atoms with Gasteiger partial charge < -0.3 is 10.6 Å². The molecule has 0 bridgehead atoms. The zero-order chi connectivity index (χ0) is 21.0. The van der Waals surface area contributed by atoms with Crippen molar-refractivity contribution in [1.82, 2.24) is 0 Å². The van der Waals surface area contributed by atoms with E-state index in [4.69, 9.17) is 23.8 Å². The van der Waals surface area contributed by atoms with Crippen LogP contribution in [0, 0.1) is 13.8 Å². The fraction of sp³-hybridized carbons (Fsp3) is 0.0952. The molecule has 3 N–H and O–H groups in total. The summed E-state index contributed by atoms with van der Waals surface area (Å²) in [5.74, 6) is 0. The number of halogens is 1. The number of rotatable bonds is 5. The lowest BCUT2D eigenvalue weighted by molar-refractivity contribution is 0.600. The summed E-state index contributed by atoms with van der Waals surface area (Å²) in [6.45, 7) is 3.66. The smallest absolute Gasteiger partial charge is 0.262 e. The van der Waals surface area contributed by atoms with Crippen molar-refractivity contribution < 1.29 is 8.42 Å². The van der Waals surface area contributed by atoms with Crippen molar-refractivity contribution in [1.29, 1.82) is 0 Å². The third-order valence-corrected chi connectivity index (χ3v) is 6.33. The van der Waals surface area contributed by atoms with E-state index in [2.05, 4.69) is 15.4 Å². The van der Waals surface area contributed by atoms with Crippen LogP contribution in [-0.4, -0.2) is 13.5 Å². The van der Waals surface area contributed by atoms with Crippen molar-refractivity contribution in [2.45, 2.75) is 18.7 Å². The summed E-state index contributed by atoms with van der Waals surface area (Å²) < 4.78 is 28.2. The minimum atomic E-state index is -3.74. The third kappa shape index (κ3) is 5.47. The Kier molecular flexibility index (Phi) is 6.42. The highest BCUT2D eigenvalue weighted by Gasteiger charge is 2.18. The number of para-hydroxylation sites is 1. The van der Waals surface area contributed by atoms with Crippen molar-refractivity contribution in [2.75, 3.05) is 15.4 Å². The Labute approximate surface area is 181 Å². The maximum atomic E-state index is 12.8. The zero-order valence-corrected chi connectivity index (χ0v) is 18.3. The monoisotopic (exact) mass is 445 g/mol. The van der Waals surface area contributed by atoms with E-state index < -0.39 is 10.0 Å². The molecule has 0 heterocycles. The highest BCUT2D eigenvalue weighted by Crippen LogP contribution is 2.24. The fourth-order valence-electron chi connectivity index (χ4n) is 2.65. The van der Waals surface area contributed by atoms with Gasteiger partial charge in [-0.25, -0.2) is 8.42 Å². The van der Waals surface area contributed by atoms with Gasteiger partial charge >= 0.3 is 0 Å². The van der Waals surface area contributed by atoms with E-state index in [1.165, 1.54) is 0 Å². The first-order valence-corrected chi connectivity index (χ1v) is 11.0. The Morgan fingerprint density at radius 3 is 2.03 bits per heavy atom. The lowest BCUT2D eigenvalue weighted by atomic mass is 10.2. The van der Waals surface area contributed by atoms with Crippen molar-refractivity contribution in [2.24, 2.45) is 0 Å². The quantitative estimate of drug-likeness (QED) is 0.448. The Hall–Kier alpha value is -2.61. The minimum Gasteiger partial charge on any atom is -0.332 e. The molecular weight excluding hydrogens is 426 g/mol. The highest BCUT2D eigenvalue weighted by molar-refractivity contribution is 7.92. The molecule has 0 spiro atoms. The van der Waals surface area contributed by atoms with Crippen LogP contribution < -0.4 is 15.4 Å². The molecule has 0 saturated heterocycles. The molecule has 8 heteroatoms. The summed E-state index contributed by atoms with van der Waals surface area (Å²) in [4.78, 5) is 0.174. The molecule has 5 nitrogen and oxygen atoms in total. The summed E-state index contributed by atoms with van der Waals surface area (Å²) in [5.41, 5.74) is 3.39. The van der Waals surface area contributed by atoms with Gasteiger partial charge in [0.25, 0.3) is 10.0 Å². The summed E-state index contributed by atoms with van der Waals surface area (Å²) in [7, 11) is -3.74. The van der Waals surface area contributed by atoms with E-state index >= 15 is 0 Å². The van der Waals surface area contributed by atoms with Crippen LogP contribution in [0.3, 0.4) is 0 Å². The average molecular weight is 446 g/mol. The van der Waals surface area contributed by atoms with Gasteiger partial charge in [0.1, 0.15) is 0 Å². The van der Waals surface area contributed by atoms with Crippen LogP contribution in [0.5, 0.6) is 0 Å². The van der Waals surface area contributed by atoms with Crippen molar-refractivity contribution in [3.05, 3.63) is 82.9 Å². The van der Waals surface area contributed by atoms with E-state index in [0.29, 0.717) is 27.1 Å². The van der Waals surface area contributed by atoms with Crippen LogP contribution in [0.15, 0.2) is 71.6 Å². The molecule has 0 amide bonds. The second-order valence-electron chi connectivity index (χ2n) is 6.49. The van der Waals surface area contributed by atoms with Gasteiger partial charge in [0.2, 0.25) is 0 Å². The molecule has 0 aromatic heterocycles. The Morgan fingerprint density at radius 1 is 0.828 bits per heavy atom. The zero-order valence-electron chi connectivity index (χ0n) is 15.9. The first-order valence-electron chi connectivity index (χ1n) is 8.77. The molecule has 0 unspecified atom stereocenters. The number of anilines is 3. The summed E-state index contributed by atoms with van der Waals surface area (Å²) >= 11 is 11.5. The van der Waals surface area contributed by atoms with Crippen LogP contribution in [-0.2, 0) is 10.0 Å². The normalized spacial score (nSPS) is 11.0. The predicted molar refractivity (Wildman–Crippen MR) is 124 cm³/mol. The number of hydrogen-bond acceptors (Lipinski definition) is 3. The van der Waals surface area contributed by atoms with Crippen molar-refractivity contribution in [3.8, 4) is 0 Å². The topological polar surface area (TPSA) is 70.2 Å². The molecule has 0 aliphatic heterocycles. The molecule has 3 aromatic rings. The van der Waals surface area contributed by atoms with E-state index in [9.17, 15) is 8.42 Å². The minimum absolute atomic E-state index is 0.174. The Balaban J connectivity index is 1.77. The average Bonchev–Trinajstić information content (AvgIpc) is 2.66. The number of sulfonamides is 1. The third-order valence-electron chi connectivity index (χ3n) is 4.19. The Bertz CT molecular complexity index is 1150. The molecule has 0 fully saturated rings. The molecule has 150 valence electrons. The van der Waals surface area contributed by atoms with Crippen LogP contribution >= 0.6 is 23.8 Å². The van der Waals surface area contributed by atoms with Crippen LogP contribution in [0.2, 0.25) is 5.02 Å². The predicted octanol–water partition coefficient (Wildman–Crippen LogP) is 5.57. The largest absolute Gasteiger partial charge is 0.332 e. The first-order chi connectivity index (χ1) is 13.7. The lowest BCUT2D eigenvalue weighted by Gasteiger charge is -2.14. The number of aryl methyl sites for hydroxylation is 2. The maximum absolute atomic E-state index is 12.8. The SMILES string of the molecule is Cc1ccc(NC(=S)Nc2ccc(C)c(S(=O)(=O)Nc3ccccc3)c2)cc1Cl. The molecule has 0 aliphatic carbocycles. The number of benzene rings is 3. The van der Waals surface area contributed by atoms with Crippen LogP contribution in [0.4, 0.5) is 17.1 Å². The van der Waals surface area contributed by atoms with Crippen LogP contribution in [0.1, 0.15) is 11.1 Å². The summed E-state index contributed by atoms with van der Waals surface area (Å²) in [5, 5.41) is 7.01. The summed E-state index contributed by atoms with van der Waals surface area (Å²) in [6.07, 6.45) is 0. The van der Waals surface area contributed by atoms with Crippen molar-refractivity contribution in [3.63, 3.8) is 0 Å².